The maximum absolute atomic E-state index is 13.4. The van der Waals surface area contributed by atoms with E-state index >= 15 is 0 Å². The molecule has 1 aliphatic rings. The Morgan fingerprint density at radius 2 is 1.77 bits per heavy atom. The molecule has 3 rings (SSSR count). The zero-order valence-electron chi connectivity index (χ0n) is 18.4. The first-order chi connectivity index (χ1) is 14.4. The summed E-state index contributed by atoms with van der Waals surface area (Å²) in [5, 5.41) is 2.66. The van der Waals surface area contributed by atoms with Crippen LogP contribution in [0.15, 0.2) is 36.4 Å². The Bertz CT molecular complexity index is 1010. The highest BCUT2D eigenvalue weighted by atomic mass is 19.4. The van der Waals surface area contributed by atoms with Crippen molar-refractivity contribution in [2.45, 2.75) is 47.2 Å². The monoisotopic (exact) mass is 432 g/mol. The lowest BCUT2D eigenvalue weighted by Crippen LogP contribution is -2.42. The number of carbonyl (C=O) groups excluding carboxylic acids is 2. The molecule has 166 valence electrons. The van der Waals surface area contributed by atoms with E-state index < -0.39 is 29.0 Å². The summed E-state index contributed by atoms with van der Waals surface area (Å²) in [4.78, 5) is 28.2. The van der Waals surface area contributed by atoms with Gasteiger partial charge >= 0.3 is 6.18 Å². The molecule has 0 saturated carbocycles. The third-order valence-corrected chi connectivity index (χ3v) is 6.36. The molecule has 0 spiro atoms. The van der Waals surface area contributed by atoms with E-state index in [-0.39, 0.29) is 18.1 Å². The molecule has 2 atom stereocenters. The SMILES string of the molecule is CCC1(C(=O)Nc2cc(C)cc(C(F)(F)F)c2)CN(c2c(C)cccc2C)C(=O)C1C. The third-order valence-electron chi connectivity index (χ3n) is 6.36. The van der Waals surface area contributed by atoms with E-state index in [9.17, 15) is 22.8 Å². The molecule has 31 heavy (non-hydrogen) atoms. The van der Waals surface area contributed by atoms with Gasteiger partial charge in [-0.2, -0.15) is 13.2 Å². The van der Waals surface area contributed by atoms with E-state index in [0.29, 0.717) is 12.0 Å². The molecular weight excluding hydrogens is 405 g/mol. The van der Waals surface area contributed by atoms with Gasteiger partial charge in [0.25, 0.3) is 0 Å². The fourth-order valence-electron chi connectivity index (χ4n) is 4.51. The number of hydrogen-bond acceptors (Lipinski definition) is 2. The number of rotatable bonds is 4. The number of amides is 2. The molecule has 1 heterocycles. The second kappa shape index (κ2) is 8.02. The minimum absolute atomic E-state index is 0.0790. The van der Waals surface area contributed by atoms with Crippen molar-refractivity contribution in [2.75, 3.05) is 16.8 Å². The first-order valence-electron chi connectivity index (χ1n) is 10.3. The molecule has 0 aliphatic carbocycles. The number of anilines is 2. The Labute approximate surface area is 180 Å². The van der Waals surface area contributed by atoms with Crippen LogP contribution < -0.4 is 10.2 Å². The van der Waals surface area contributed by atoms with Gasteiger partial charge in [-0.25, -0.2) is 0 Å². The number of nitrogens with zero attached hydrogens (tertiary/aromatic N) is 1. The molecule has 1 aliphatic heterocycles. The molecule has 4 nitrogen and oxygen atoms in total. The average molecular weight is 432 g/mol. The summed E-state index contributed by atoms with van der Waals surface area (Å²) < 4.78 is 39.6. The number of aryl methyl sites for hydroxylation is 3. The largest absolute Gasteiger partial charge is 0.416 e. The topological polar surface area (TPSA) is 49.4 Å². The molecule has 1 saturated heterocycles. The van der Waals surface area contributed by atoms with Gasteiger partial charge in [0.1, 0.15) is 0 Å². The van der Waals surface area contributed by atoms with Crippen molar-refractivity contribution in [3.63, 3.8) is 0 Å². The van der Waals surface area contributed by atoms with Crippen molar-refractivity contribution in [3.05, 3.63) is 58.7 Å². The summed E-state index contributed by atoms with van der Waals surface area (Å²) in [6.45, 7) is 9.10. The van der Waals surface area contributed by atoms with Gasteiger partial charge in [-0.05, 0) is 62.1 Å². The van der Waals surface area contributed by atoms with Crippen LogP contribution in [0.3, 0.4) is 0 Å². The number of para-hydroxylation sites is 1. The van der Waals surface area contributed by atoms with Gasteiger partial charge in [-0.3, -0.25) is 9.59 Å². The fourth-order valence-corrected chi connectivity index (χ4v) is 4.51. The van der Waals surface area contributed by atoms with E-state index in [2.05, 4.69) is 5.32 Å². The summed E-state index contributed by atoms with van der Waals surface area (Å²) in [6.07, 6.45) is -4.13. The first kappa shape index (κ1) is 22.8. The molecule has 0 aromatic heterocycles. The number of benzene rings is 2. The van der Waals surface area contributed by atoms with Crippen molar-refractivity contribution in [2.24, 2.45) is 11.3 Å². The lowest BCUT2D eigenvalue weighted by molar-refractivity contribution is -0.137. The van der Waals surface area contributed by atoms with Crippen LogP contribution >= 0.6 is 0 Å². The fraction of sp³-hybridized carbons (Fsp3) is 0.417. The predicted octanol–water partition coefficient (Wildman–Crippen LogP) is 5.65. The summed E-state index contributed by atoms with van der Waals surface area (Å²) in [7, 11) is 0. The minimum atomic E-state index is -4.51. The van der Waals surface area contributed by atoms with Gasteiger partial charge in [0.15, 0.2) is 0 Å². The number of nitrogens with one attached hydrogen (secondary N) is 1. The van der Waals surface area contributed by atoms with Crippen LogP contribution in [0.2, 0.25) is 0 Å². The number of carbonyl (C=O) groups is 2. The molecular formula is C24H27F3N2O2. The van der Waals surface area contributed by atoms with Gasteiger partial charge < -0.3 is 10.2 Å². The van der Waals surface area contributed by atoms with Crippen LogP contribution in [-0.4, -0.2) is 18.4 Å². The Morgan fingerprint density at radius 3 is 2.32 bits per heavy atom. The number of hydrogen-bond donors (Lipinski definition) is 1. The highest BCUT2D eigenvalue weighted by molar-refractivity contribution is 6.07. The van der Waals surface area contributed by atoms with Crippen LogP contribution in [0.4, 0.5) is 24.5 Å². The summed E-state index contributed by atoms with van der Waals surface area (Å²) in [5.74, 6) is -1.21. The van der Waals surface area contributed by atoms with Gasteiger partial charge in [0, 0.05) is 17.9 Å². The minimum Gasteiger partial charge on any atom is -0.326 e. The number of halogens is 3. The van der Waals surface area contributed by atoms with Gasteiger partial charge in [-0.15, -0.1) is 0 Å². The lowest BCUT2D eigenvalue weighted by Gasteiger charge is -2.30. The van der Waals surface area contributed by atoms with Crippen LogP contribution in [-0.2, 0) is 15.8 Å². The molecule has 7 heteroatoms. The zero-order chi connectivity index (χ0) is 23.1. The van der Waals surface area contributed by atoms with E-state index in [1.807, 2.05) is 39.0 Å². The van der Waals surface area contributed by atoms with Crippen molar-refractivity contribution in [1.82, 2.24) is 0 Å². The summed E-state index contributed by atoms with van der Waals surface area (Å²) in [6, 6.07) is 9.21. The quantitative estimate of drug-likeness (QED) is 0.679. The molecule has 1 fully saturated rings. The van der Waals surface area contributed by atoms with Gasteiger partial charge in [-0.1, -0.05) is 32.0 Å². The molecule has 1 N–H and O–H groups in total. The van der Waals surface area contributed by atoms with Crippen LogP contribution in [0.1, 0.15) is 42.5 Å². The van der Waals surface area contributed by atoms with Crippen molar-refractivity contribution >= 4 is 23.2 Å². The summed E-state index contributed by atoms with van der Waals surface area (Å²) >= 11 is 0. The van der Waals surface area contributed by atoms with Crippen LogP contribution in [0.5, 0.6) is 0 Å². The van der Waals surface area contributed by atoms with E-state index in [0.717, 1.165) is 28.9 Å². The van der Waals surface area contributed by atoms with Crippen LogP contribution in [0.25, 0.3) is 0 Å². The maximum atomic E-state index is 13.4. The molecule has 2 unspecified atom stereocenters. The first-order valence-corrected chi connectivity index (χ1v) is 10.3. The van der Waals surface area contributed by atoms with E-state index in [1.54, 1.807) is 18.7 Å². The second-order valence-electron chi connectivity index (χ2n) is 8.44. The molecule has 2 amide bonds. The molecule has 0 bridgehead atoms. The van der Waals surface area contributed by atoms with E-state index in [4.69, 9.17) is 0 Å². The van der Waals surface area contributed by atoms with Crippen molar-refractivity contribution in [1.29, 1.82) is 0 Å². The second-order valence-corrected chi connectivity index (χ2v) is 8.44. The van der Waals surface area contributed by atoms with Gasteiger partial charge in [0.05, 0.1) is 16.9 Å². The normalized spacial score (nSPS) is 21.5. The Morgan fingerprint density at radius 1 is 1.16 bits per heavy atom. The molecule has 2 aromatic carbocycles. The highest BCUT2D eigenvalue weighted by Gasteiger charge is 2.54. The Kier molecular flexibility index (Phi) is 5.91. The van der Waals surface area contributed by atoms with E-state index in [1.165, 1.54) is 6.07 Å². The number of alkyl halides is 3. The van der Waals surface area contributed by atoms with Crippen molar-refractivity contribution < 1.29 is 22.8 Å². The Balaban J connectivity index is 1.96. The molecule has 0 radical (unpaired) electrons. The van der Waals surface area contributed by atoms with Crippen LogP contribution in [0, 0.1) is 32.1 Å². The van der Waals surface area contributed by atoms with Gasteiger partial charge in [0.2, 0.25) is 11.8 Å². The lowest BCUT2D eigenvalue weighted by atomic mass is 9.75. The maximum Gasteiger partial charge on any atom is 0.416 e. The predicted molar refractivity (Wildman–Crippen MR) is 115 cm³/mol. The smallest absolute Gasteiger partial charge is 0.326 e. The summed E-state index contributed by atoms with van der Waals surface area (Å²) in [5.41, 5.74) is 1.26. The van der Waals surface area contributed by atoms with Crippen molar-refractivity contribution in [3.8, 4) is 0 Å². The Hall–Kier alpha value is -2.83. The standard InChI is InChI=1S/C24H27F3N2O2/c1-6-23(22(31)28-19-11-14(2)10-18(12-19)24(25,26)27)13-29(21(30)17(23)5)20-15(3)8-7-9-16(20)4/h7-12,17H,6,13H2,1-5H3,(H,28,31). The third kappa shape index (κ3) is 4.05. The molecule has 2 aromatic rings. The zero-order valence-corrected chi connectivity index (χ0v) is 18.4. The highest BCUT2D eigenvalue weighted by Crippen LogP contribution is 2.44. The average Bonchev–Trinajstić information content (AvgIpc) is 2.93.